The quantitative estimate of drug-likeness (QED) is 0.396. The number of non-ortho nitro benzene ring substituents is 1. The zero-order valence-corrected chi connectivity index (χ0v) is 12.1. The van der Waals surface area contributed by atoms with E-state index >= 15 is 0 Å². The third-order valence-corrected chi connectivity index (χ3v) is 3.54. The van der Waals surface area contributed by atoms with Crippen molar-refractivity contribution in [1.29, 1.82) is 0 Å². The lowest BCUT2D eigenvalue weighted by molar-refractivity contribution is -0.384. The van der Waals surface area contributed by atoms with Gasteiger partial charge in [-0.2, -0.15) is 0 Å². The number of hydrogen-bond acceptors (Lipinski definition) is 2. The highest BCUT2D eigenvalue weighted by Gasteiger charge is 2.19. The van der Waals surface area contributed by atoms with E-state index < -0.39 is 4.92 Å². The van der Waals surface area contributed by atoms with Gasteiger partial charge < -0.3 is 0 Å². The van der Waals surface area contributed by atoms with Crippen LogP contribution in [0, 0.1) is 21.8 Å². The minimum atomic E-state index is -0.420. The molecular formula is C19H13FNO2. The second kappa shape index (κ2) is 6.40. The Kier molecular flexibility index (Phi) is 4.15. The molecule has 0 aliphatic heterocycles. The van der Waals surface area contributed by atoms with E-state index in [0.29, 0.717) is 0 Å². The Hall–Kier alpha value is -3.01. The first-order valence-corrected chi connectivity index (χ1v) is 7.08. The largest absolute Gasteiger partial charge is 0.269 e. The molecule has 0 bridgehead atoms. The van der Waals surface area contributed by atoms with E-state index in [9.17, 15) is 14.5 Å². The van der Waals surface area contributed by atoms with Crippen molar-refractivity contribution in [3.05, 3.63) is 117 Å². The topological polar surface area (TPSA) is 43.1 Å². The van der Waals surface area contributed by atoms with E-state index in [2.05, 4.69) is 0 Å². The summed E-state index contributed by atoms with van der Waals surface area (Å²) in [6, 6.07) is 22.1. The Labute approximate surface area is 133 Å². The van der Waals surface area contributed by atoms with E-state index in [0.717, 1.165) is 22.6 Å². The molecule has 0 aliphatic rings. The zero-order chi connectivity index (χ0) is 16.2. The Morgan fingerprint density at radius 3 is 2.04 bits per heavy atom. The van der Waals surface area contributed by atoms with Crippen LogP contribution in [-0.2, 0) is 0 Å². The highest BCUT2D eigenvalue weighted by molar-refractivity contribution is 5.58. The summed E-state index contributed by atoms with van der Waals surface area (Å²) >= 11 is 0. The molecule has 0 aliphatic carbocycles. The van der Waals surface area contributed by atoms with Gasteiger partial charge in [0.1, 0.15) is 5.82 Å². The van der Waals surface area contributed by atoms with Crippen LogP contribution in [0.15, 0.2) is 78.9 Å². The summed E-state index contributed by atoms with van der Waals surface area (Å²) in [5.41, 5.74) is 2.47. The summed E-state index contributed by atoms with van der Waals surface area (Å²) in [5, 5.41) is 11.0. The maximum absolute atomic E-state index is 13.2. The van der Waals surface area contributed by atoms with Crippen LogP contribution in [0.25, 0.3) is 0 Å². The van der Waals surface area contributed by atoms with Crippen molar-refractivity contribution in [3.63, 3.8) is 0 Å². The monoisotopic (exact) mass is 306 g/mol. The van der Waals surface area contributed by atoms with Gasteiger partial charge in [-0.25, -0.2) is 4.39 Å². The molecule has 0 saturated carbocycles. The summed E-state index contributed by atoms with van der Waals surface area (Å²) in [7, 11) is 0. The van der Waals surface area contributed by atoms with Crippen LogP contribution in [0.2, 0.25) is 0 Å². The number of hydrogen-bond donors (Lipinski definition) is 0. The van der Waals surface area contributed by atoms with E-state index in [1.54, 1.807) is 18.2 Å². The third-order valence-electron chi connectivity index (χ3n) is 3.54. The Morgan fingerprint density at radius 1 is 0.783 bits per heavy atom. The number of benzene rings is 3. The summed E-state index contributed by atoms with van der Waals surface area (Å²) < 4.78 is 13.2. The molecule has 0 amide bonds. The van der Waals surface area contributed by atoms with Gasteiger partial charge >= 0.3 is 0 Å². The minimum Gasteiger partial charge on any atom is -0.258 e. The van der Waals surface area contributed by atoms with Gasteiger partial charge in [0.2, 0.25) is 0 Å². The van der Waals surface area contributed by atoms with Gasteiger partial charge in [0.05, 0.1) is 10.8 Å². The third kappa shape index (κ3) is 3.26. The molecule has 0 atom stereocenters. The average Bonchev–Trinajstić information content (AvgIpc) is 2.58. The molecule has 3 rings (SSSR count). The average molecular weight is 306 g/mol. The molecular weight excluding hydrogens is 293 g/mol. The molecule has 0 saturated heterocycles. The highest BCUT2D eigenvalue weighted by Crippen LogP contribution is 2.32. The molecule has 0 aromatic heterocycles. The molecule has 0 fully saturated rings. The van der Waals surface area contributed by atoms with Gasteiger partial charge in [0.15, 0.2) is 0 Å². The minimum absolute atomic E-state index is 0.0260. The molecule has 0 heterocycles. The molecule has 3 nitrogen and oxygen atoms in total. The van der Waals surface area contributed by atoms with Crippen molar-refractivity contribution in [2.24, 2.45) is 0 Å². The standard InChI is InChI=1S/C19H13FNO2/c20-17-11-9-15(10-12-17)19(14-5-2-1-3-6-14)16-7-4-8-18(13-16)21(22)23/h1-13H. The lowest BCUT2D eigenvalue weighted by Crippen LogP contribution is -2.05. The first kappa shape index (κ1) is 14.9. The SMILES string of the molecule is O=[N+]([O-])c1cccc([C](c2ccccc2)c2ccc(F)cc2)c1. The lowest BCUT2D eigenvalue weighted by Gasteiger charge is -2.17. The number of rotatable bonds is 4. The van der Waals surface area contributed by atoms with E-state index in [1.165, 1.54) is 24.3 Å². The second-order valence-corrected chi connectivity index (χ2v) is 5.06. The van der Waals surface area contributed by atoms with Crippen LogP contribution in [0.3, 0.4) is 0 Å². The van der Waals surface area contributed by atoms with Gasteiger partial charge in [0.25, 0.3) is 5.69 Å². The van der Waals surface area contributed by atoms with E-state index in [1.807, 2.05) is 36.4 Å². The first-order valence-electron chi connectivity index (χ1n) is 7.08. The first-order chi connectivity index (χ1) is 11.1. The molecule has 0 N–H and O–H groups in total. The van der Waals surface area contributed by atoms with Crippen LogP contribution < -0.4 is 0 Å². The van der Waals surface area contributed by atoms with Gasteiger partial charge in [-0.3, -0.25) is 10.1 Å². The fourth-order valence-electron chi connectivity index (χ4n) is 2.50. The number of nitrogens with zero attached hydrogens (tertiary/aromatic N) is 1. The van der Waals surface area contributed by atoms with Gasteiger partial charge in [-0.05, 0) is 28.8 Å². The molecule has 3 aromatic rings. The molecule has 0 spiro atoms. The van der Waals surface area contributed by atoms with Crippen LogP contribution in [0.5, 0.6) is 0 Å². The van der Waals surface area contributed by atoms with Crippen molar-refractivity contribution in [2.75, 3.05) is 0 Å². The second-order valence-electron chi connectivity index (χ2n) is 5.06. The number of nitro groups is 1. The molecule has 0 unspecified atom stereocenters. The maximum Gasteiger partial charge on any atom is 0.269 e. The summed E-state index contributed by atoms with van der Waals surface area (Å²) in [6.45, 7) is 0. The summed E-state index contributed by atoms with van der Waals surface area (Å²) in [4.78, 5) is 10.6. The Bertz CT molecular complexity index is 816. The molecule has 1 radical (unpaired) electrons. The van der Waals surface area contributed by atoms with Gasteiger partial charge in [0, 0.05) is 12.1 Å². The predicted octanol–water partition coefficient (Wildman–Crippen LogP) is 4.75. The zero-order valence-electron chi connectivity index (χ0n) is 12.1. The predicted molar refractivity (Wildman–Crippen MR) is 86.5 cm³/mol. The van der Waals surface area contributed by atoms with Crippen LogP contribution in [-0.4, -0.2) is 4.92 Å². The van der Waals surface area contributed by atoms with E-state index in [-0.39, 0.29) is 11.5 Å². The smallest absolute Gasteiger partial charge is 0.258 e. The van der Waals surface area contributed by atoms with Crippen LogP contribution >= 0.6 is 0 Å². The number of nitro benzene ring substituents is 1. The summed E-state index contributed by atoms with van der Waals surface area (Å²) in [6.07, 6.45) is 0. The van der Waals surface area contributed by atoms with Crippen molar-refractivity contribution >= 4 is 5.69 Å². The van der Waals surface area contributed by atoms with Gasteiger partial charge in [-0.1, -0.05) is 54.6 Å². The summed E-state index contributed by atoms with van der Waals surface area (Å²) in [5.74, 6) is 0.509. The van der Waals surface area contributed by atoms with Crippen molar-refractivity contribution < 1.29 is 9.31 Å². The Balaban J connectivity index is 2.14. The van der Waals surface area contributed by atoms with Crippen molar-refractivity contribution in [3.8, 4) is 0 Å². The van der Waals surface area contributed by atoms with Crippen LogP contribution in [0.1, 0.15) is 16.7 Å². The molecule has 113 valence electrons. The molecule has 4 heteroatoms. The van der Waals surface area contributed by atoms with Crippen molar-refractivity contribution in [1.82, 2.24) is 0 Å². The lowest BCUT2D eigenvalue weighted by atomic mass is 9.85. The normalized spacial score (nSPS) is 10.7. The highest BCUT2D eigenvalue weighted by atomic mass is 19.1. The van der Waals surface area contributed by atoms with Crippen molar-refractivity contribution in [2.45, 2.75) is 0 Å². The van der Waals surface area contributed by atoms with Crippen LogP contribution in [0.4, 0.5) is 10.1 Å². The van der Waals surface area contributed by atoms with E-state index in [4.69, 9.17) is 0 Å². The maximum atomic E-state index is 13.2. The fraction of sp³-hybridized carbons (Fsp3) is 0. The Morgan fingerprint density at radius 2 is 1.39 bits per heavy atom. The number of halogens is 1. The molecule has 23 heavy (non-hydrogen) atoms. The fourth-order valence-corrected chi connectivity index (χ4v) is 2.50. The molecule has 3 aromatic carbocycles. The van der Waals surface area contributed by atoms with Gasteiger partial charge in [-0.15, -0.1) is 0 Å².